The van der Waals surface area contributed by atoms with Gasteiger partial charge in [-0.3, -0.25) is 14.4 Å². The number of rotatable bonds is 9. The Hall–Kier alpha value is -4.63. The van der Waals surface area contributed by atoms with Crippen LogP contribution in [0.1, 0.15) is 24.0 Å². The highest BCUT2D eigenvalue weighted by Gasteiger charge is 2.28. The normalized spacial score (nSPS) is 16.5. The minimum absolute atomic E-state index is 0.286. The van der Waals surface area contributed by atoms with Crippen LogP contribution in [0, 0.1) is 5.92 Å². The van der Waals surface area contributed by atoms with Crippen LogP contribution in [0.4, 0.5) is 0 Å². The molecule has 0 unspecified atom stereocenters. The molecule has 2 atom stereocenters. The van der Waals surface area contributed by atoms with Crippen LogP contribution in [0.3, 0.4) is 0 Å². The quantitative estimate of drug-likeness (QED) is 0.276. The van der Waals surface area contributed by atoms with Crippen LogP contribution in [0.25, 0.3) is 10.9 Å². The van der Waals surface area contributed by atoms with Gasteiger partial charge in [0.2, 0.25) is 11.8 Å². The summed E-state index contributed by atoms with van der Waals surface area (Å²) in [6.07, 6.45) is 2.77. The van der Waals surface area contributed by atoms with Crippen molar-refractivity contribution in [3.05, 3.63) is 96.2 Å². The molecule has 0 fully saturated rings. The molecule has 2 amide bonds. The molecule has 9 nitrogen and oxygen atoms in total. The minimum atomic E-state index is -1.06. The van der Waals surface area contributed by atoms with Gasteiger partial charge >= 0.3 is 5.97 Å². The fourth-order valence-corrected chi connectivity index (χ4v) is 5.25. The molecule has 0 radical (unpaired) electrons. The number of para-hydroxylation sites is 2. The third kappa shape index (κ3) is 7.55. The maximum Gasteiger partial charge on any atom is 0.304 e. The standard InChI is InChI=1S/C33H35N3O6/c37-31(38)21-24(13-10-23-11-14-27(15-12-23)42-26-6-2-1-3-7-26)32(39)35-29-20-25-22-36(30-9-5-4-8-28(25)30)17-19-41-18-16-34-33(29)40/h1-9,11-12,14-15,22,24,29H,10,13,16-21H2,(H,34,40)(H,35,39)(H,37,38)/t24-,29+/m1/s1. The summed E-state index contributed by atoms with van der Waals surface area (Å²) in [5, 5.41) is 16.3. The number of aryl methyl sites for hydroxylation is 1. The van der Waals surface area contributed by atoms with Crippen molar-refractivity contribution in [3.63, 3.8) is 0 Å². The molecule has 0 saturated heterocycles. The first-order valence-electron chi connectivity index (χ1n) is 14.2. The van der Waals surface area contributed by atoms with Gasteiger partial charge in [-0.2, -0.15) is 0 Å². The van der Waals surface area contributed by atoms with Gasteiger partial charge in [0, 0.05) is 42.5 Å². The first-order chi connectivity index (χ1) is 20.5. The summed E-state index contributed by atoms with van der Waals surface area (Å²) < 4.78 is 13.6. The minimum Gasteiger partial charge on any atom is -0.481 e. The van der Waals surface area contributed by atoms with E-state index in [9.17, 15) is 19.5 Å². The van der Waals surface area contributed by atoms with E-state index >= 15 is 0 Å². The smallest absolute Gasteiger partial charge is 0.304 e. The van der Waals surface area contributed by atoms with Gasteiger partial charge in [0.15, 0.2) is 0 Å². The Kier molecular flexibility index (Phi) is 9.51. The molecule has 4 aromatic rings. The lowest BCUT2D eigenvalue weighted by molar-refractivity contribution is -0.141. The van der Waals surface area contributed by atoms with Gasteiger partial charge in [-0.05, 0) is 54.3 Å². The number of nitrogens with one attached hydrogen (secondary N) is 2. The van der Waals surface area contributed by atoms with E-state index in [1.54, 1.807) is 0 Å². The van der Waals surface area contributed by atoms with Crippen molar-refractivity contribution >= 4 is 28.7 Å². The molecule has 1 aliphatic rings. The Labute approximate surface area is 244 Å². The second-order valence-electron chi connectivity index (χ2n) is 10.4. The molecule has 0 aliphatic carbocycles. The number of hydrogen-bond acceptors (Lipinski definition) is 5. The second kappa shape index (κ2) is 13.8. The number of aromatic nitrogens is 1. The number of carboxylic acids is 1. The Morgan fingerprint density at radius 3 is 2.52 bits per heavy atom. The number of fused-ring (bicyclic) bond motifs is 5. The molecule has 1 aliphatic heterocycles. The molecule has 3 N–H and O–H groups in total. The Balaban J connectivity index is 1.28. The van der Waals surface area contributed by atoms with Crippen molar-refractivity contribution in [2.45, 2.75) is 38.3 Å². The summed E-state index contributed by atoms with van der Waals surface area (Å²) in [6, 6.07) is 24.1. The maximum atomic E-state index is 13.5. The van der Waals surface area contributed by atoms with Crippen LogP contribution in [0.5, 0.6) is 11.5 Å². The van der Waals surface area contributed by atoms with Crippen molar-refractivity contribution in [2.24, 2.45) is 5.92 Å². The highest BCUT2D eigenvalue weighted by atomic mass is 16.5. The zero-order valence-electron chi connectivity index (χ0n) is 23.3. The van der Waals surface area contributed by atoms with Gasteiger partial charge in [0.1, 0.15) is 17.5 Å². The number of carboxylic acid groups (broad SMARTS) is 1. The lowest BCUT2D eigenvalue weighted by Crippen LogP contribution is -2.50. The van der Waals surface area contributed by atoms with E-state index in [-0.39, 0.29) is 18.7 Å². The summed E-state index contributed by atoms with van der Waals surface area (Å²) in [5.74, 6) is -1.23. The van der Waals surface area contributed by atoms with Crippen LogP contribution in [0.2, 0.25) is 0 Å². The number of aliphatic carboxylic acids is 1. The number of amides is 2. The van der Waals surface area contributed by atoms with Crippen LogP contribution >= 0.6 is 0 Å². The maximum absolute atomic E-state index is 13.5. The SMILES string of the molecule is O=C(O)C[C@@H](CCc1ccc(Oc2ccccc2)cc1)C(=O)N[C@H]1Cc2cn(c3ccccc23)CCOCCNC1=O. The largest absolute Gasteiger partial charge is 0.481 e. The number of hydrogen-bond donors (Lipinski definition) is 3. The highest BCUT2D eigenvalue weighted by Crippen LogP contribution is 2.25. The highest BCUT2D eigenvalue weighted by molar-refractivity contribution is 5.91. The van der Waals surface area contributed by atoms with Gasteiger partial charge in [-0.1, -0.05) is 48.5 Å². The van der Waals surface area contributed by atoms with Gasteiger partial charge in [-0.25, -0.2) is 0 Å². The average molecular weight is 570 g/mol. The summed E-state index contributed by atoms with van der Waals surface area (Å²) in [6.45, 7) is 1.87. The molecule has 218 valence electrons. The Bertz CT molecular complexity index is 1520. The van der Waals surface area contributed by atoms with Gasteiger partial charge in [-0.15, -0.1) is 0 Å². The molecular formula is C33H35N3O6. The van der Waals surface area contributed by atoms with Crippen molar-refractivity contribution < 1.29 is 29.0 Å². The number of nitrogens with zero attached hydrogens (tertiary/aromatic N) is 1. The van der Waals surface area contributed by atoms with Gasteiger partial charge in [0.25, 0.3) is 0 Å². The van der Waals surface area contributed by atoms with Crippen molar-refractivity contribution in [1.29, 1.82) is 0 Å². The Morgan fingerprint density at radius 1 is 1.00 bits per heavy atom. The van der Waals surface area contributed by atoms with E-state index in [1.807, 2.05) is 85.1 Å². The van der Waals surface area contributed by atoms with Crippen molar-refractivity contribution in [2.75, 3.05) is 19.8 Å². The van der Waals surface area contributed by atoms with E-state index < -0.39 is 23.8 Å². The number of ether oxygens (including phenoxy) is 2. The average Bonchev–Trinajstić information content (AvgIpc) is 3.34. The molecule has 42 heavy (non-hydrogen) atoms. The molecule has 5 rings (SSSR count). The van der Waals surface area contributed by atoms with E-state index in [4.69, 9.17) is 9.47 Å². The fourth-order valence-electron chi connectivity index (χ4n) is 5.25. The monoisotopic (exact) mass is 569 g/mol. The first-order valence-corrected chi connectivity index (χ1v) is 14.2. The summed E-state index contributed by atoms with van der Waals surface area (Å²) >= 11 is 0. The summed E-state index contributed by atoms with van der Waals surface area (Å²) in [5.41, 5.74) is 2.92. The third-order valence-electron chi connectivity index (χ3n) is 7.43. The van der Waals surface area contributed by atoms with E-state index in [0.717, 1.165) is 27.8 Å². The lowest BCUT2D eigenvalue weighted by atomic mass is 9.94. The fraction of sp³-hybridized carbons (Fsp3) is 0.303. The molecule has 0 spiro atoms. The molecular weight excluding hydrogens is 534 g/mol. The zero-order chi connectivity index (χ0) is 29.3. The topological polar surface area (TPSA) is 119 Å². The Morgan fingerprint density at radius 2 is 1.74 bits per heavy atom. The predicted octanol–water partition coefficient (Wildman–Crippen LogP) is 4.33. The molecule has 2 heterocycles. The molecule has 0 saturated carbocycles. The van der Waals surface area contributed by atoms with E-state index in [1.165, 1.54) is 0 Å². The predicted molar refractivity (Wildman–Crippen MR) is 158 cm³/mol. The zero-order valence-corrected chi connectivity index (χ0v) is 23.3. The molecule has 3 aromatic carbocycles. The molecule has 1 aromatic heterocycles. The third-order valence-corrected chi connectivity index (χ3v) is 7.43. The van der Waals surface area contributed by atoms with Crippen LogP contribution in [0.15, 0.2) is 85.1 Å². The van der Waals surface area contributed by atoms with Crippen molar-refractivity contribution in [3.8, 4) is 11.5 Å². The van der Waals surface area contributed by atoms with Crippen LogP contribution in [-0.4, -0.2) is 53.3 Å². The molecule has 2 bridgehead atoms. The summed E-state index contributed by atoms with van der Waals surface area (Å²) in [4.78, 5) is 38.3. The van der Waals surface area contributed by atoms with Gasteiger partial charge < -0.3 is 29.8 Å². The first kappa shape index (κ1) is 28.9. The summed E-state index contributed by atoms with van der Waals surface area (Å²) in [7, 11) is 0. The number of carbonyl (C=O) groups is 3. The van der Waals surface area contributed by atoms with Crippen LogP contribution < -0.4 is 15.4 Å². The van der Waals surface area contributed by atoms with E-state index in [2.05, 4.69) is 15.2 Å². The van der Waals surface area contributed by atoms with E-state index in [0.29, 0.717) is 44.9 Å². The van der Waals surface area contributed by atoms with Gasteiger partial charge in [0.05, 0.1) is 19.6 Å². The molecule has 9 heteroatoms. The van der Waals surface area contributed by atoms with Crippen LogP contribution in [-0.2, 0) is 38.5 Å². The second-order valence-corrected chi connectivity index (χ2v) is 10.4. The van der Waals surface area contributed by atoms with Crippen molar-refractivity contribution in [1.82, 2.24) is 15.2 Å². The number of benzene rings is 3. The number of carbonyl (C=O) groups excluding carboxylic acids is 2. The lowest BCUT2D eigenvalue weighted by Gasteiger charge is -2.22.